The largest absolute Gasteiger partial charge is 0.416 e. The number of aryl methyl sites for hydroxylation is 3. The molecule has 3 aromatic rings. The molecule has 2 aromatic carbocycles. The van der Waals surface area contributed by atoms with E-state index in [0.29, 0.717) is 15.8 Å². The lowest BCUT2D eigenvalue weighted by Crippen LogP contribution is -2.19. The number of amides is 1. The van der Waals surface area contributed by atoms with Gasteiger partial charge in [-0.3, -0.25) is 4.79 Å². The van der Waals surface area contributed by atoms with Crippen LogP contribution < -0.4 is 5.32 Å². The molecule has 0 radical (unpaired) electrons. The lowest BCUT2D eigenvalue weighted by atomic mass is 10.1. The lowest BCUT2D eigenvalue weighted by Gasteiger charge is -2.13. The van der Waals surface area contributed by atoms with Crippen molar-refractivity contribution in [1.29, 1.82) is 0 Å². The molecule has 1 saturated heterocycles. The summed E-state index contributed by atoms with van der Waals surface area (Å²) in [6, 6.07) is 13.0. The third kappa shape index (κ3) is 4.75. The molecule has 1 N–H and O–H groups in total. The monoisotopic (exact) mass is 469 g/mol. The second-order valence-corrected chi connectivity index (χ2v) is 9.01. The van der Waals surface area contributed by atoms with Crippen LogP contribution in [0.2, 0.25) is 0 Å². The van der Waals surface area contributed by atoms with Crippen LogP contribution in [0.3, 0.4) is 0 Å². The van der Waals surface area contributed by atoms with E-state index >= 15 is 0 Å². The van der Waals surface area contributed by atoms with Crippen molar-refractivity contribution in [3.63, 3.8) is 0 Å². The van der Waals surface area contributed by atoms with Crippen LogP contribution in [-0.4, -0.2) is 15.6 Å². The number of rotatable bonds is 3. The average Bonchev–Trinajstić information content (AvgIpc) is 3.22. The minimum Gasteiger partial charge on any atom is -0.318 e. The lowest BCUT2D eigenvalue weighted by molar-refractivity contribution is -0.137. The van der Waals surface area contributed by atoms with E-state index in [-0.39, 0.29) is 5.91 Å². The third-order valence-corrected chi connectivity index (χ3v) is 6.32. The van der Waals surface area contributed by atoms with Crippen LogP contribution in [0.15, 0.2) is 58.4 Å². The number of carbonyl (C=O) groups excluding carboxylic acids is 1. The number of alkyl halides is 3. The van der Waals surface area contributed by atoms with Crippen molar-refractivity contribution in [2.24, 2.45) is 4.99 Å². The van der Waals surface area contributed by atoms with E-state index in [0.717, 1.165) is 45.9 Å². The van der Waals surface area contributed by atoms with Crippen molar-refractivity contribution in [2.45, 2.75) is 33.9 Å². The first-order valence-corrected chi connectivity index (χ1v) is 11.1. The van der Waals surface area contributed by atoms with Gasteiger partial charge in [0.25, 0.3) is 5.91 Å². The van der Waals surface area contributed by atoms with E-state index in [1.807, 2.05) is 52.0 Å². The average molecular weight is 470 g/mol. The van der Waals surface area contributed by atoms with E-state index in [1.165, 1.54) is 17.8 Å². The zero-order valence-electron chi connectivity index (χ0n) is 18.5. The third-order valence-electron chi connectivity index (χ3n) is 5.41. The first-order chi connectivity index (χ1) is 15.5. The molecule has 4 rings (SSSR count). The van der Waals surface area contributed by atoms with Crippen molar-refractivity contribution >= 4 is 34.6 Å². The summed E-state index contributed by atoms with van der Waals surface area (Å²) in [7, 11) is 0. The summed E-state index contributed by atoms with van der Waals surface area (Å²) in [5.41, 5.74) is 4.92. The standard InChI is InChI=1S/C25H22F3N3OS/c1-14-8-9-21(15(2)10-14)29-24-30-23(32)22(33-24)12-18-11-16(3)31(17(18)4)20-7-5-6-19(13-20)25(26,27)28/h5-13H,1-4H3,(H,29,30,32)/b22-12+. The number of nitrogens with zero attached hydrogens (tertiary/aromatic N) is 2. The Morgan fingerprint density at radius 3 is 2.48 bits per heavy atom. The van der Waals surface area contributed by atoms with Crippen LogP contribution in [0.25, 0.3) is 11.8 Å². The minimum atomic E-state index is -4.42. The highest BCUT2D eigenvalue weighted by Gasteiger charge is 2.31. The van der Waals surface area contributed by atoms with Gasteiger partial charge in [0, 0.05) is 17.1 Å². The number of carbonyl (C=O) groups is 1. The Hall–Kier alpha value is -3.26. The minimum absolute atomic E-state index is 0.257. The maximum atomic E-state index is 13.2. The highest BCUT2D eigenvalue weighted by atomic mass is 32.2. The van der Waals surface area contributed by atoms with Crippen LogP contribution in [0.5, 0.6) is 0 Å². The molecule has 33 heavy (non-hydrogen) atoms. The molecule has 0 aliphatic carbocycles. The van der Waals surface area contributed by atoms with Gasteiger partial charge in [-0.15, -0.1) is 0 Å². The number of benzene rings is 2. The number of nitrogens with one attached hydrogen (secondary N) is 1. The highest BCUT2D eigenvalue weighted by Crippen LogP contribution is 2.33. The van der Waals surface area contributed by atoms with E-state index in [2.05, 4.69) is 10.3 Å². The molecule has 1 aliphatic heterocycles. The molecule has 170 valence electrons. The molecule has 0 bridgehead atoms. The molecule has 2 heterocycles. The number of aliphatic imine (C=N–C) groups is 1. The molecule has 4 nitrogen and oxygen atoms in total. The van der Waals surface area contributed by atoms with Crippen LogP contribution >= 0.6 is 11.8 Å². The summed E-state index contributed by atoms with van der Waals surface area (Å²) >= 11 is 1.24. The molecule has 0 saturated carbocycles. The van der Waals surface area contributed by atoms with Crippen LogP contribution in [-0.2, 0) is 11.0 Å². The Balaban J connectivity index is 1.65. The fourth-order valence-electron chi connectivity index (χ4n) is 3.81. The van der Waals surface area contributed by atoms with Gasteiger partial charge >= 0.3 is 6.18 Å². The van der Waals surface area contributed by atoms with Gasteiger partial charge in [-0.1, -0.05) is 23.8 Å². The second-order valence-electron chi connectivity index (χ2n) is 7.98. The van der Waals surface area contributed by atoms with Gasteiger partial charge < -0.3 is 9.88 Å². The topological polar surface area (TPSA) is 46.4 Å². The maximum absolute atomic E-state index is 13.2. The molecule has 8 heteroatoms. The summed E-state index contributed by atoms with van der Waals surface area (Å²) in [6.07, 6.45) is -2.67. The van der Waals surface area contributed by atoms with Crippen molar-refractivity contribution in [2.75, 3.05) is 0 Å². The van der Waals surface area contributed by atoms with Crippen molar-refractivity contribution in [3.05, 3.63) is 87.1 Å². The van der Waals surface area contributed by atoms with Crippen molar-refractivity contribution in [3.8, 4) is 5.69 Å². The summed E-state index contributed by atoms with van der Waals surface area (Å²) in [6.45, 7) is 7.62. The van der Waals surface area contributed by atoms with Crippen molar-refractivity contribution in [1.82, 2.24) is 9.88 Å². The molecule has 0 atom stereocenters. The Labute approximate surface area is 194 Å². The van der Waals surface area contributed by atoms with Crippen molar-refractivity contribution < 1.29 is 18.0 Å². The molecular weight excluding hydrogens is 447 g/mol. The molecule has 1 fully saturated rings. The molecule has 0 spiro atoms. The first-order valence-electron chi connectivity index (χ1n) is 10.3. The zero-order valence-corrected chi connectivity index (χ0v) is 19.4. The van der Waals surface area contributed by atoms with E-state index in [9.17, 15) is 18.0 Å². The van der Waals surface area contributed by atoms with Gasteiger partial charge in [-0.05, 0) is 87.0 Å². The van der Waals surface area contributed by atoms with Gasteiger partial charge in [0.15, 0.2) is 5.17 Å². The Kier molecular flexibility index (Phi) is 5.97. The second kappa shape index (κ2) is 8.59. The molecular formula is C25H22F3N3OS. The van der Waals surface area contributed by atoms with Gasteiger partial charge in [-0.25, -0.2) is 4.99 Å². The summed E-state index contributed by atoms with van der Waals surface area (Å²) < 4.78 is 41.2. The van der Waals surface area contributed by atoms with Crippen LogP contribution in [0.1, 0.15) is 33.6 Å². The number of hydrogen-bond donors (Lipinski definition) is 1. The fourth-order valence-corrected chi connectivity index (χ4v) is 4.64. The number of hydrogen-bond acceptors (Lipinski definition) is 3. The Bertz CT molecular complexity index is 1320. The normalized spacial score (nSPS) is 16.6. The predicted octanol–water partition coefficient (Wildman–Crippen LogP) is 6.62. The van der Waals surface area contributed by atoms with E-state index in [4.69, 9.17) is 0 Å². The van der Waals surface area contributed by atoms with E-state index in [1.54, 1.807) is 16.7 Å². The Morgan fingerprint density at radius 1 is 1.03 bits per heavy atom. The molecule has 1 aromatic heterocycles. The van der Waals surface area contributed by atoms with Gasteiger partial charge in [0.05, 0.1) is 16.2 Å². The maximum Gasteiger partial charge on any atom is 0.416 e. The Morgan fingerprint density at radius 2 is 1.79 bits per heavy atom. The number of halogens is 3. The first kappa shape index (κ1) is 22.9. The summed E-state index contributed by atoms with van der Waals surface area (Å²) in [5.74, 6) is -0.257. The SMILES string of the molecule is Cc1ccc(N=C2NC(=O)/C(=C\c3cc(C)n(-c4cccc(C(F)(F)F)c4)c3C)S2)c(C)c1. The van der Waals surface area contributed by atoms with Gasteiger partial charge in [0.2, 0.25) is 0 Å². The zero-order chi connectivity index (χ0) is 23.9. The van der Waals surface area contributed by atoms with Gasteiger partial charge in [0.1, 0.15) is 0 Å². The highest BCUT2D eigenvalue weighted by molar-refractivity contribution is 8.18. The number of thioether (sulfide) groups is 1. The smallest absolute Gasteiger partial charge is 0.318 e. The number of amidine groups is 1. The van der Waals surface area contributed by atoms with Crippen LogP contribution in [0.4, 0.5) is 18.9 Å². The quantitative estimate of drug-likeness (QED) is 0.438. The predicted molar refractivity (Wildman–Crippen MR) is 127 cm³/mol. The van der Waals surface area contributed by atoms with Gasteiger partial charge in [-0.2, -0.15) is 13.2 Å². The molecule has 1 amide bonds. The molecule has 0 unspecified atom stereocenters. The summed E-state index contributed by atoms with van der Waals surface area (Å²) in [5, 5.41) is 3.28. The number of aromatic nitrogens is 1. The fraction of sp³-hybridized carbons (Fsp3) is 0.200. The van der Waals surface area contributed by atoms with E-state index < -0.39 is 11.7 Å². The van der Waals surface area contributed by atoms with Crippen LogP contribution in [0, 0.1) is 27.7 Å². The summed E-state index contributed by atoms with van der Waals surface area (Å²) in [4.78, 5) is 17.6. The molecule has 1 aliphatic rings.